The molecule has 0 saturated carbocycles. The van der Waals surface area contributed by atoms with E-state index in [1.54, 1.807) is 39.3 Å². The average molecular weight is 332 g/mol. The van der Waals surface area contributed by atoms with Gasteiger partial charge < -0.3 is 20.1 Å². The number of hydrogen-bond donors (Lipinski definition) is 2. The van der Waals surface area contributed by atoms with Crippen molar-refractivity contribution in [3.05, 3.63) is 53.8 Å². The number of ether oxygens (including phenoxy) is 2. The topological polar surface area (TPSA) is 59.6 Å². The van der Waals surface area contributed by atoms with E-state index < -0.39 is 11.9 Å². The van der Waals surface area contributed by atoms with Crippen molar-refractivity contribution in [2.24, 2.45) is 0 Å². The summed E-state index contributed by atoms with van der Waals surface area (Å²) >= 11 is 0. The van der Waals surface area contributed by atoms with Crippen LogP contribution in [0.3, 0.4) is 0 Å². The maximum Gasteiger partial charge on any atom is 0.241 e. The van der Waals surface area contributed by atoms with Crippen molar-refractivity contribution in [1.29, 1.82) is 0 Å². The van der Waals surface area contributed by atoms with Gasteiger partial charge in [-0.15, -0.1) is 0 Å². The number of halogens is 1. The highest BCUT2D eigenvalue weighted by Gasteiger charge is 2.14. The van der Waals surface area contributed by atoms with Gasteiger partial charge in [-0.25, -0.2) is 4.39 Å². The van der Waals surface area contributed by atoms with Gasteiger partial charge in [0.1, 0.15) is 5.82 Å². The summed E-state index contributed by atoms with van der Waals surface area (Å²) in [6.07, 6.45) is 0. The first-order valence-corrected chi connectivity index (χ1v) is 7.55. The van der Waals surface area contributed by atoms with Gasteiger partial charge in [0.2, 0.25) is 5.91 Å². The van der Waals surface area contributed by atoms with Gasteiger partial charge in [0.15, 0.2) is 11.5 Å². The molecule has 2 rings (SSSR count). The van der Waals surface area contributed by atoms with Crippen LogP contribution in [0.5, 0.6) is 11.5 Å². The lowest BCUT2D eigenvalue weighted by Crippen LogP contribution is -2.37. The van der Waals surface area contributed by atoms with Gasteiger partial charge in [0.05, 0.1) is 25.9 Å². The van der Waals surface area contributed by atoms with Crippen LogP contribution in [0.15, 0.2) is 42.5 Å². The number of benzene rings is 2. The Morgan fingerprint density at radius 1 is 1.12 bits per heavy atom. The Morgan fingerprint density at radius 3 is 2.50 bits per heavy atom. The van der Waals surface area contributed by atoms with Gasteiger partial charge in [-0.1, -0.05) is 18.2 Å². The minimum atomic E-state index is -0.488. The number of para-hydroxylation sites is 1. The quantitative estimate of drug-likeness (QED) is 0.818. The zero-order valence-electron chi connectivity index (χ0n) is 13.9. The standard InChI is InChI=1S/C18H21FN2O3/c1-12(18(22)21-15-7-5-4-6-14(15)19)20-11-13-8-9-16(23-2)17(10-13)24-3/h4-10,12,20H,11H2,1-3H3,(H,21,22). The first kappa shape index (κ1) is 17.7. The molecule has 0 fully saturated rings. The molecule has 0 aliphatic heterocycles. The van der Waals surface area contributed by atoms with Crippen LogP contribution in [0.25, 0.3) is 0 Å². The van der Waals surface area contributed by atoms with Gasteiger partial charge in [-0.3, -0.25) is 4.79 Å². The van der Waals surface area contributed by atoms with E-state index in [4.69, 9.17) is 9.47 Å². The fourth-order valence-electron chi connectivity index (χ4n) is 2.16. The third kappa shape index (κ3) is 4.45. The van der Waals surface area contributed by atoms with Crippen LogP contribution >= 0.6 is 0 Å². The maximum atomic E-state index is 13.6. The van der Waals surface area contributed by atoms with Crippen molar-refractivity contribution in [2.45, 2.75) is 19.5 Å². The van der Waals surface area contributed by atoms with E-state index in [0.717, 1.165) is 5.56 Å². The zero-order valence-corrected chi connectivity index (χ0v) is 13.9. The van der Waals surface area contributed by atoms with Gasteiger partial charge in [0.25, 0.3) is 0 Å². The van der Waals surface area contributed by atoms with E-state index in [2.05, 4.69) is 10.6 Å². The second-order valence-electron chi connectivity index (χ2n) is 5.26. The third-order valence-corrected chi connectivity index (χ3v) is 3.59. The van der Waals surface area contributed by atoms with Gasteiger partial charge in [-0.05, 0) is 36.8 Å². The van der Waals surface area contributed by atoms with Gasteiger partial charge >= 0.3 is 0 Å². The third-order valence-electron chi connectivity index (χ3n) is 3.59. The number of hydrogen-bond acceptors (Lipinski definition) is 4. The second-order valence-corrected chi connectivity index (χ2v) is 5.26. The largest absolute Gasteiger partial charge is 0.493 e. The van der Waals surface area contributed by atoms with Crippen LogP contribution < -0.4 is 20.1 Å². The molecule has 0 aromatic heterocycles. The lowest BCUT2D eigenvalue weighted by atomic mass is 10.2. The molecule has 128 valence electrons. The molecule has 6 heteroatoms. The predicted octanol–water partition coefficient (Wildman–Crippen LogP) is 2.96. The number of carbonyl (C=O) groups is 1. The Labute approximate surface area is 140 Å². The molecular weight excluding hydrogens is 311 g/mol. The number of carbonyl (C=O) groups excluding carboxylic acids is 1. The van der Waals surface area contributed by atoms with E-state index in [1.807, 2.05) is 12.1 Å². The molecule has 1 atom stereocenters. The first-order chi connectivity index (χ1) is 11.5. The Balaban J connectivity index is 1.94. The smallest absolute Gasteiger partial charge is 0.241 e. The molecule has 0 saturated heterocycles. The molecular formula is C18H21FN2O3. The molecule has 0 bridgehead atoms. The molecule has 0 radical (unpaired) electrons. The van der Waals surface area contributed by atoms with Crippen molar-refractivity contribution >= 4 is 11.6 Å². The van der Waals surface area contributed by atoms with Crippen LogP contribution in [0.2, 0.25) is 0 Å². The number of amides is 1. The minimum absolute atomic E-state index is 0.169. The van der Waals surface area contributed by atoms with Crippen LogP contribution in [-0.4, -0.2) is 26.2 Å². The fourth-order valence-corrected chi connectivity index (χ4v) is 2.16. The normalized spacial score (nSPS) is 11.7. The number of methoxy groups -OCH3 is 2. The highest BCUT2D eigenvalue weighted by atomic mass is 19.1. The maximum absolute atomic E-state index is 13.6. The monoisotopic (exact) mass is 332 g/mol. The minimum Gasteiger partial charge on any atom is -0.493 e. The molecule has 0 aliphatic rings. The molecule has 2 N–H and O–H groups in total. The molecule has 5 nitrogen and oxygen atoms in total. The van der Waals surface area contributed by atoms with Crippen LogP contribution in [0.4, 0.5) is 10.1 Å². The van der Waals surface area contributed by atoms with E-state index in [9.17, 15) is 9.18 Å². The predicted molar refractivity (Wildman–Crippen MR) is 90.9 cm³/mol. The zero-order chi connectivity index (χ0) is 17.5. The van der Waals surface area contributed by atoms with E-state index >= 15 is 0 Å². The van der Waals surface area contributed by atoms with Crippen molar-refractivity contribution in [3.8, 4) is 11.5 Å². The van der Waals surface area contributed by atoms with Crippen molar-refractivity contribution < 1.29 is 18.7 Å². The van der Waals surface area contributed by atoms with E-state index in [-0.39, 0.29) is 11.6 Å². The van der Waals surface area contributed by atoms with Gasteiger partial charge in [0, 0.05) is 6.54 Å². The lowest BCUT2D eigenvalue weighted by molar-refractivity contribution is -0.117. The van der Waals surface area contributed by atoms with E-state index in [1.165, 1.54) is 12.1 Å². The fraction of sp³-hybridized carbons (Fsp3) is 0.278. The Morgan fingerprint density at radius 2 is 1.83 bits per heavy atom. The molecule has 0 heterocycles. The summed E-state index contributed by atoms with van der Waals surface area (Å²) in [6.45, 7) is 2.18. The first-order valence-electron chi connectivity index (χ1n) is 7.55. The summed E-state index contributed by atoms with van der Waals surface area (Å²) in [5, 5.41) is 5.66. The SMILES string of the molecule is COc1ccc(CNC(C)C(=O)Nc2ccccc2F)cc1OC. The van der Waals surface area contributed by atoms with Gasteiger partial charge in [-0.2, -0.15) is 0 Å². The summed E-state index contributed by atoms with van der Waals surface area (Å²) in [5.74, 6) is 0.505. The molecule has 1 amide bonds. The Kier molecular flexibility index (Phi) is 6.14. The van der Waals surface area contributed by atoms with Crippen molar-refractivity contribution in [2.75, 3.05) is 19.5 Å². The van der Waals surface area contributed by atoms with Crippen molar-refractivity contribution in [1.82, 2.24) is 5.32 Å². The molecule has 2 aromatic rings. The van der Waals surface area contributed by atoms with Crippen LogP contribution in [0.1, 0.15) is 12.5 Å². The average Bonchev–Trinajstić information content (AvgIpc) is 2.61. The van der Waals surface area contributed by atoms with Crippen molar-refractivity contribution in [3.63, 3.8) is 0 Å². The van der Waals surface area contributed by atoms with Crippen LogP contribution in [0, 0.1) is 5.82 Å². The number of nitrogens with one attached hydrogen (secondary N) is 2. The van der Waals surface area contributed by atoms with E-state index in [0.29, 0.717) is 18.0 Å². The summed E-state index contributed by atoms with van der Waals surface area (Å²) in [5.41, 5.74) is 1.11. The number of anilines is 1. The molecule has 0 aliphatic carbocycles. The van der Waals surface area contributed by atoms with Crippen LogP contribution in [-0.2, 0) is 11.3 Å². The highest BCUT2D eigenvalue weighted by Crippen LogP contribution is 2.27. The molecule has 0 spiro atoms. The highest BCUT2D eigenvalue weighted by molar-refractivity contribution is 5.94. The number of rotatable bonds is 7. The molecule has 24 heavy (non-hydrogen) atoms. The second kappa shape index (κ2) is 8.31. The summed E-state index contributed by atoms with van der Waals surface area (Å²) in [7, 11) is 3.14. The summed E-state index contributed by atoms with van der Waals surface area (Å²) in [4.78, 5) is 12.1. The molecule has 2 aromatic carbocycles. The Hall–Kier alpha value is -2.60. The Bertz CT molecular complexity index is 706. The summed E-state index contributed by atoms with van der Waals surface area (Å²) in [6, 6.07) is 11.1. The lowest BCUT2D eigenvalue weighted by Gasteiger charge is -2.15. The molecule has 1 unspecified atom stereocenters. The summed E-state index contributed by atoms with van der Waals surface area (Å²) < 4.78 is 24.0.